The number of rotatable bonds is 7. The van der Waals surface area contributed by atoms with E-state index in [0.29, 0.717) is 0 Å². The molecule has 2 aromatic rings. The van der Waals surface area contributed by atoms with Crippen molar-refractivity contribution in [1.82, 2.24) is 5.32 Å². The first-order valence-electron chi connectivity index (χ1n) is 7.83. The second-order valence-electron chi connectivity index (χ2n) is 5.61. The van der Waals surface area contributed by atoms with Gasteiger partial charge in [-0.2, -0.15) is 0 Å². The van der Waals surface area contributed by atoms with Crippen LogP contribution in [0.1, 0.15) is 24.1 Å². The molecule has 5 heteroatoms. The van der Waals surface area contributed by atoms with Crippen LogP contribution in [0.4, 0.5) is 5.69 Å². The van der Waals surface area contributed by atoms with Crippen molar-refractivity contribution in [3.05, 3.63) is 65.7 Å². The maximum absolute atomic E-state index is 11.9. The van der Waals surface area contributed by atoms with E-state index in [1.54, 1.807) is 0 Å². The van der Waals surface area contributed by atoms with Gasteiger partial charge in [-0.15, -0.1) is 11.8 Å². The van der Waals surface area contributed by atoms with Crippen LogP contribution in [0.2, 0.25) is 0 Å². The van der Waals surface area contributed by atoms with Crippen molar-refractivity contribution in [1.29, 1.82) is 0 Å². The fourth-order valence-corrected chi connectivity index (χ4v) is 2.81. The van der Waals surface area contributed by atoms with Crippen LogP contribution in [0.3, 0.4) is 0 Å². The van der Waals surface area contributed by atoms with Crippen molar-refractivity contribution in [2.24, 2.45) is 0 Å². The van der Waals surface area contributed by atoms with Crippen LogP contribution in [0, 0.1) is 6.92 Å². The van der Waals surface area contributed by atoms with E-state index in [0.717, 1.165) is 16.8 Å². The van der Waals surface area contributed by atoms with Gasteiger partial charge in [-0.05, 0) is 31.5 Å². The lowest BCUT2D eigenvalue weighted by molar-refractivity contribution is -0.119. The van der Waals surface area contributed by atoms with Crippen LogP contribution < -0.4 is 10.6 Å². The Morgan fingerprint density at radius 2 is 1.58 bits per heavy atom. The minimum atomic E-state index is -0.104. The lowest BCUT2D eigenvalue weighted by Gasteiger charge is -2.14. The van der Waals surface area contributed by atoms with Gasteiger partial charge in [0.15, 0.2) is 0 Å². The third-order valence-corrected chi connectivity index (χ3v) is 4.41. The molecule has 1 atom stereocenters. The number of nitrogens with one attached hydrogen (secondary N) is 2. The predicted octanol–water partition coefficient (Wildman–Crippen LogP) is 3.54. The van der Waals surface area contributed by atoms with Crippen LogP contribution in [0.15, 0.2) is 54.6 Å². The molecule has 0 radical (unpaired) electrons. The quantitative estimate of drug-likeness (QED) is 0.809. The van der Waals surface area contributed by atoms with Gasteiger partial charge in [-0.3, -0.25) is 9.59 Å². The molecule has 126 valence electrons. The lowest BCUT2D eigenvalue weighted by atomic mass is 10.1. The number of anilines is 1. The van der Waals surface area contributed by atoms with Crippen molar-refractivity contribution in [2.75, 3.05) is 16.8 Å². The Morgan fingerprint density at radius 1 is 0.958 bits per heavy atom. The Morgan fingerprint density at radius 3 is 2.25 bits per heavy atom. The molecule has 0 saturated carbocycles. The van der Waals surface area contributed by atoms with Crippen LogP contribution in [-0.4, -0.2) is 23.3 Å². The molecule has 0 fully saturated rings. The standard InChI is InChI=1S/C19H22N2O2S/c1-14-8-10-17(11-9-14)21-19(23)13-24-12-18(22)20-15(2)16-6-4-3-5-7-16/h3-11,15H,12-13H2,1-2H3,(H,20,22)(H,21,23)/t15-/m1/s1. The van der Waals surface area contributed by atoms with Crippen molar-refractivity contribution in [3.63, 3.8) is 0 Å². The van der Waals surface area contributed by atoms with E-state index in [1.165, 1.54) is 11.8 Å². The molecule has 2 aromatic carbocycles. The molecule has 0 spiro atoms. The summed E-state index contributed by atoms with van der Waals surface area (Å²) in [5.41, 5.74) is 2.98. The van der Waals surface area contributed by atoms with Gasteiger partial charge in [-0.25, -0.2) is 0 Å². The smallest absolute Gasteiger partial charge is 0.234 e. The van der Waals surface area contributed by atoms with Crippen LogP contribution >= 0.6 is 11.8 Å². The molecule has 2 rings (SSSR count). The summed E-state index contributed by atoms with van der Waals surface area (Å²) in [6.45, 7) is 3.94. The molecule has 0 heterocycles. The molecule has 0 aliphatic rings. The van der Waals surface area contributed by atoms with E-state index in [4.69, 9.17) is 0 Å². The fraction of sp³-hybridized carbons (Fsp3) is 0.263. The van der Waals surface area contributed by atoms with E-state index in [-0.39, 0.29) is 29.4 Å². The van der Waals surface area contributed by atoms with Crippen molar-refractivity contribution >= 4 is 29.3 Å². The first-order chi connectivity index (χ1) is 11.5. The average molecular weight is 342 g/mol. The van der Waals surface area contributed by atoms with Crippen molar-refractivity contribution in [2.45, 2.75) is 19.9 Å². The highest BCUT2D eigenvalue weighted by Gasteiger charge is 2.10. The van der Waals surface area contributed by atoms with E-state index in [2.05, 4.69) is 10.6 Å². The highest BCUT2D eigenvalue weighted by Crippen LogP contribution is 2.12. The molecule has 2 N–H and O–H groups in total. The molecule has 0 aliphatic carbocycles. The molecule has 0 aliphatic heterocycles. The van der Waals surface area contributed by atoms with Crippen LogP contribution in [0.5, 0.6) is 0 Å². The maximum atomic E-state index is 11.9. The number of thioether (sulfide) groups is 1. The Balaban J connectivity index is 1.68. The normalized spacial score (nSPS) is 11.6. The number of carbonyl (C=O) groups excluding carboxylic acids is 2. The zero-order valence-electron chi connectivity index (χ0n) is 13.9. The van der Waals surface area contributed by atoms with Crippen LogP contribution in [0.25, 0.3) is 0 Å². The molecule has 24 heavy (non-hydrogen) atoms. The highest BCUT2D eigenvalue weighted by molar-refractivity contribution is 8.00. The fourth-order valence-electron chi connectivity index (χ4n) is 2.18. The summed E-state index contributed by atoms with van der Waals surface area (Å²) >= 11 is 1.30. The average Bonchev–Trinajstić information content (AvgIpc) is 2.57. The van der Waals surface area contributed by atoms with Gasteiger partial charge in [0.05, 0.1) is 17.5 Å². The SMILES string of the molecule is Cc1ccc(NC(=O)CSCC(=O)N[C@H](C)c2ccccc2)cc1. The molecule has 0 unspecified atom stereocenters. The van der Waals surface area contributed by atoms with Gasteiger partial charge in [0.25, 0.3) is 0 Å². The van der Waals surface area contributed by atoms with E-state index in [1.807, 2.05) is 68.4 Å². The zero-order valence-corrected chi connectivity index (χ0v) is 14.7. The third kappa shape index (κ3) is 6.08. The second kappa shape index (κ2) is 9.13. The van der Waals surface area contributed by atoms with Gasteiger partial charge in [0, 0.05) is 5.69 Å². The summed E-state index contributed by atoms with van der Waals surface area (Å²) in [4.78, 5) is 23.8. The number of amides is 2. The van der Waals surface area contributed by atoms with Gasteiger partial charge in [0.1, 0.15) is 0 Å². The van der Waals surface area contributed by atoms with Gasteiger partial charge >= 0.3 is 0 Å². The summed E-state index contributed by atoms with van der Waals surface area (Å²) in [7, 11) is 0. The van der Waals surface area contributed by atoms with E-state index < -0.39 is 0 Å². The first kappa shape index (κ1) is 18.1. The Hall–Kier alpha value is -2.27. The summed E-state index contributed by atoms with van der Waals surface area (Å²) in [6, 6.07) is 17.4. The van der Waals surface area contributed by atoms with E-state index in [9.17, 15) is 9.59 Å². The Bertz CT molecular complexity index is 672. The number of aryl methyl sites for hydroxylation is 1. The summed E-state index contributed by atoms with van der Waals surface area (Å²) < 4.78 is 0. The molecule has 2 amide bonds. The molecule has 0 aromatic heterocycles. The molecular weight excluding hydrogens is 320 g/mol. The number of carbonyl (C=O) groups is 2. The summed E-state index contributed by atoms with van der Waals surface area (Å²) in [5.74, 6) is 0.340. The Labute approximate surface area is 147 Å². The predicted molar refractivity (Wildman–Crippen MR) is 100 cm³/mol. The molecule has 0 bridgehead atoms. The number of benzene rings is 2. The summed E-state index contributed by atoms with van der Waals surface area (Å²) in [6.07, 6.45) is 0. The maximum Gasteiger partial charge on any atom is 0.234 e. The van der Waals surface area contributed by atoms with Gasteiger partial charge < -0.3 is 10.6 Å². The number of hydrogen-bond donors (Lipinski definition) is 2. The van der Waals surface area contributed by atoms with Gasteiger partial charge in [-0.1, -0.05) is 48.0 Å². The molecular formula is C19H22N2O2S. The third-order valence-electron chi connectivity index (χ3n) is 3.48. The minimum absolute atomic E-state index is 0.0410. The lowest BCUT2D eigenvalue weighted by Crippen LogP contribution is -2.28. The van der Waals surface area contributed by atoms with E-state index >= 15 is 0 Å². The number of hydrogen-bond acceptors (Lipinski definition) is 3. The van der Waals surface area contributed by atoms with Crippen LogP contribution in [-0.2, 0) is 9.59 Å². The first-order valence-corrected chi connectivity index (χ1v) is 8.98. The zero-order chi connectivity index (χ0) is 17.4. The minimum Gasteiger partial charge on any atom is -0.349 e. The monoisotopic (exact) mass is 342 g/mol. The summed E-state index contributed by atoms with van der Waals surface area (Å²) in [5, 5.41) is 5.75. The highest BCUT2D eigenvalue weighted by atomic mass is 32.2. The van der Waals surface area contributed by atoms with Gasteiger partial charge in [0.2, 0.25) is 11.8 Å². The molecule has 4 nitrogen and oxygen atoms in total. The topological polar surface area (TPSA) is 58.2 Å². The largest absolute Gasteiger partial charge is 0.349 e. The molecule has 0 saturated heterocycles. The Kier molecular flexibility index (Phi) is 6.88. The van der Waals surface area contributed by atoms with Crippen molar-refractivity contribution in [3.8, 4) is 0 Å². The van der Waals surface area contributed by atoms with Crippen molar-refractivity contribution < 1.29 is 9.59 Å². The second-order valence-corrected chi connectivity index (χ2v) is 6.59.